The quantitative estimate of drug-likeness (QED) is 0.726. The van der Waals surface area contributed by atoms with Gasteiger partial charge in [0, 0.05) is 12.3 Å². The highest BCUT2D eigenvalue weighted by molar-refractivity contribution is 6.08. The maximum Gasteiger partial charge on any atom is 0.190 e. The van der Waals surface area contributed by atoms with Gasteiger partial charge in [0.2, 0.25) is 0 Å². The molecular formula is C16H15NO2. The van der Waals surface area contributed by atoms with Gasteiger partial charge in [0.15, 0.2) is 5.43 Å². The first-order valence-corrected chi connectivity index (χ1v) is 6.47. The van der Waals surface area contributed by atoms with E-state index in [2.05, 4.69) is 11.9 Å². The number of hydrogen-bond acceptors (Lipinski definition) is 2. The number of aromatic amines is 1. The van der Waals surface area contributed by atoms with Gasteiger partial charge in [0.25, 0.3) is 0 Å². The molecule has 0 atom stereocenters. The van der Waals surface area contributed by atoms with Gasteiger partial charge in [-0.05, 0) is 23.3 Å². The van der Waals surface area contributed by atoms with E-state index in [-0.39, 0.29) is 5.43 Å². The summed E-state index contributed by atoms with van der Waals surface area (Å²) in [6.45, 7) is 2.70. The second kappa shape index (κ2) is 4.76. The minimum absolute atomic E-state index is 0.0203. The van der Waals surface area contributed by atoms with Crippen molar-refractivity contribution in [3.8, 4) is 5.75 Å². The van der Waals surface area contributed by atoms with Crippen LogP contribution in [-0.4, -0.2) is 11.6 Å². The van der Waals surface area contributed by atoms with Crippen LogP contribution in [0.1, 0.15) is 13.3 Å². The molecule has 0 bridgehead atoms. The molecule has 19 heavy (non-hydrogen) atoms. The maximum absolute atomic E-state index is 12.1. The second-order valence-corrected chi connectivity index (χ2v) is 4.54. The number of ether oxygens (including phenoxy) is 1. The zero-order valence-electron chi connectivity index (χ0n) is 10.8. The Labute approximate surface area is 110 Å². The van der Waals surface area contributed by atoms with Crippen molar-refractivity contribution >= 4 is 21.7 Å². The summed E-state index contributed by atoms with van der Waals surface area (Å²) < 4.78 is 5.76. The molecule has 3 aromatic rings. The Morgan fingerprint density at radius 1 is 1.21 bits per heavy atom. The first kappa shape index (κ1) is 11.8. The third-order valence-electron chi connectivity index (χ3n) is 3.18. The molecule has 2 aromatic carbocycles. The molecule has 0 spiro atoms. The third-order valence-corrected chi connectivity index (χ3v) is 3.18. The molecular weight excluding hydrogens is 238 g/mol. The Hall–Kier alpha value is -2.29. The summed E-state index contributed by atoms with van der Waals surface area (Å²) >= 11 is 0. The fraction of sp³-hybridized carbons (Fsp3) is 0.188. The minimum Gasteiger partial charge on any atom is -0.491 e. The number of benzene rings is 2. The molecule has 1 aromatic heterocycles. The Balaban J connectivity index is 2.41. The Bertz CT molecular complexity index is 789. The summed E-state index contributed by atoms with van der Waals surface area (Å²) in [5, 5.41) is 2.69. The number of aromatic nitrogens is 1. The largest absolute Gasteiger partial charge is 0.491 e. The standard InChI is InChI=1S/C16H15NO2/c1-2-9-19-14-10-11-5-3-4-6-12(11)15-13(18)7-8-17-16(14)15/h3-8,10H,2,9H2,1H3,(H,17,18). The lowest BCUT2D eigenvalue weighted by Crippen LogP contribution is -2.04. The van der Waals surface area contributed by atoms with E-state index in [1.807, 2.05) is 30.3 Å². The SMILES string of the molecule is CCCOc1cc2ccccc2c2c(=O)cc[nH]c12. The monoisotopic (exact) mass is 253 g/mol. The Morgan fingerprint density at radius 2 is 2.05 bits per heavy atom. The van der Waals surface area contributed by atoms with Gasteiger partial charge < -0.3 is 9.72 Å². The molecule has 96 valence electrons. The van der Waals surface area contributed by atoms with Gasteiger partial charge >= 0.3 is 0 Å². The van der Waals surface area contributed by atoms with Gasteiger partial charge in [-0.3, -0.25) is 4.79 Å². The summed E-state index contributed by atoms with van der Waals surface area (Å²) in [5.41, 5.74) is 0.798. The highest BCUT2D eigenvalue weighted by Gasteiger charge is 2.10. The van der Waals surface area contributed by atoms with Crippen molar-refractivity contribution in [1.82, 2.24) is 4.98 Å². The fourth-order valence-electron chi connectivity index (χ4n) is 2.33. The van der Waals surface area contributed by atoms with Gasteiger partial charge in [-0.15, -0.1) is 0 Å². The van der Waals surface area contributed by atoms with E-state index in [0.717, 1.165) is 28.5 Å². The summed E-state index contributed by atoms with van der Waals surface area (Å²) in [5.74, 6) is 0.744. The third kappa shape index (κ3) is 1.97. The molecule has 0 saturated carbocycles. The fourth-order valence-corrected chi connectivity index (χ4v) is 2.33. The van der Waals surface area contributed by atoms with Crippen LogP contribution >= 0.6 is 0 Å². The lowest BCUT2D eigenvalue weighted by molar-refractivity contribution is 0.321. The predicted molar refractivity (Wildman–Crippen MR) is 77.9 cm³/mol. The lowest BCUT2D eigenvalue weighted by atomic mass is 10.0. The normalized spacial score (nSPS) is 11.0. The van der Waals surface area contributed by atoms with Crippen LogP contribution in [0.2, 0.25) is 0 Å². The van der Waals surface area contributed by atoms with Crippen LogP contribution in [0.25, 0.3) is 21.7 Å². The van der Waals surface area contributed by atoms with Gasteiger partial charge in [-0.1, -0.05) is 31.2 Å². The summed E-state index contributed by atoms with van der Waals surface area (Å²) in [6, 6.07) is 11.4. The van der Waals surface area contributed by atoms with Crippen molar-refractivity contribution in [2.75, 3.05) is 6.61 Å². The van der Waals surface area contributed by atoms with Crippen LogP contribution in [0.4, 0.5) is 0 Å². The van der Waals surface area contributed by atoms with Crippen molar-refractivity contribution < 1.29 is 4.74 Å². The topological polar surface area (TPSA) is 42.1 Å². The molecule has 3 heteroatoms. The average Bonchev–Trinajstić information content (AvgIpc) is 2.45. The number of hydrogen-bond donors (Lipinski definition) is 1. The number of nitrogens with one attached hydrogen (secondary N) is 1. The zero-order valence-corrected chi connectivity index (χ0v) is 10.8. The second-order valence-electron chi connectivity index (χ2n) is 4.54. The van der Waals surface area contributed by atoms with Gasteiger partial charge in [-0.2, -0.15) is 0 Å². The molecule has 0 aliphatic heterocycles. The molecule has 3 rings (SSSR count). The van der Waals surface area contributed by atoms with Crippen molar-refractivity contribution in [3.05, 3.63) is 52.8 Å². The average molecular weight is 253 g/mol. The van der Waals surface area contributed by atoms with Crippen LogP contribution in [-0.2, 0) is 0 Å². The lowest BCUT2D eigenvalue weighted by Gasteiger charge is -2.10. The molecule has 3 nitrogen and oxygen atoms in total. The first-order valence-electron chi connectivity index (χ1n) is 6.47. The predicted octanol–water partition coefficient (Wildman–Crippen LogP) is 3.47. The molecule has 0 amide bonds. The van der Waals surface area contributed by atoms with Crippen LogP contribution in [0, 0.1) is 0 Å². The number of rotatable bonds is 3. The van der Waals surface area contributed by atoms with E-state index in [4.69, 9.17) is 4.74 Å². The zero-order chi connectivity index (χ0) is 13.2. The number of pyridine rings is 1. The summed E-state index contributed by atoms with van der Waals surface area (Å²) in [7, 11) is 0. The minimum atomic E-state index is 0.0203. The van der Waals surface area contributed by atoms with Crippen molar-refractivity contribution in [1.29, 1.82) is 0 Å². The first-order chi connectivity index (χ1) is 9.31. The van der Waals surface area contributed by atoms with Crippen LogP contribution in [0.5, 0.6) is 5.75 Å². The van der Waals surface area contributed by atoms with E-state index >= 15 is 0 Å². The molecule has 0 aliphatic carbocycles. The van der Waals surface area contributed by atoms with E-state index in [1.54, 1.807) is 12.3 Å². The summed E-state index contributed by atoms with van der Waals surface area (Å²) in [6.07, 6.45) is 2.60. The smallest absolute Gasteiger partial charge is 0.190 e. The van der Waals surface area contributed by atoms with Crippen LogP contribution in [0.15, 0.2) is 47.4 Å². The van der Waals surface area contributed by atoms with Gasteiger partial charge in [0.1, 0.15) is 5.75 Å². The molecule has 0 fully saturated rings. The molecule has 1 heterocycles. The molecule has 0 radical (unpaired) electrons. The number of H-pyrrole nitrogens is 1. The Kier molecular flexibility index (Phi) is 2.95. The molecule has 0 saturated heterocycles. The molecule has 1 N–H and O–H groups in total. The van der Waals surface area contributed by atoms with Crippen LogP contribution < -0.4 is 10.2 Å². The van der Waals surface area contributed by atoms with Crippen LogP contribution in [0.3, 0.4) is 0 Å². The van der Waals surface area contributed by atoms with Crippen molar-refractivity contribution in [3.63, 3.8) is 0 Å². The highest BCUT2D eigenvalue weighted by Crippen LogP contribution is 2.30. The van der Waals surface area contributed by atoms with Gasteiger partial charge in [0.05, 0.1) is 17.5 Å². The molecule has 0 aliphatic rings. The van der Waals surface area contributed by atoms with Crippen molar-refractivity contribution in [2.45, 2.75) is 13.3 Å². The van der Waals surface area contributed by atoms with Crippen molar-refractivity contribution in [2.24, 2.45) is 0 Å². The highest BCUT2D eigenvalue weighted by atomic mass is 16.5. The maximum atomic E-state index is 12.1. The van der Waals surface area contributed by atoms with E-state index < -0.39 is 0 Å². The number of fused-ring (bicyclic) bond motifs is 3. The summed E-state index contributed by atoms with van der Waals surface area (Å²) in [4.78, 5) is 15.3. The van der Waals surface area contributed by atoms with Gasteiger partial charge in [-0.25, -0.2) is 0 Å². The van der Waals surface area contributed by atoms with E-state index in [9.17, 15) is 4.79 Å². The van der Waals surface area contributed by atoms with E-state index in [0.29, 0.717) is 12.0 Å². The Morgan fingerprint density at radius 3 is 2.89 bits per heavy atom. The van der Waals surface area contributed by atoms with E-state index in [1.165, 1.54) is 0 Å². The molecule has 0 unspecified atom stereocenters.